The van der Waals surface area contributed by atoms with Crippen LogP contribution in [0.1, 0.15) is 96.1 Å². The average Bonchev–Trinajstić information content (AvgIpc) is 2.95. The van der Waals surface area contributed by atoms with Gasteiger partial charge in [-0.1, -0.05) is 77.0 Å². The van der Waals surface area contributed by atoms with Crippen LogP contribution in [0, 0.1) is 11.7 Å². The number of aryl methyl sites for hydroxylation is 1. The van der Waals surface area contributed by atoms with Crippen LogP contribution >= 0.6 is 0 Å². The van der Waals surface area contributed by atoms with Gasteiger partial charge in [0.05, 0.1) is 0 Å². The normalized spacial score (nSPS) is 14.7. The molecule has 0 saturated carbocycles. The van der Waals surface area contributed by atoms with Crippen LogP contribution < -0.4 is 0 Å². The first-order chi connectivity index (χ1) is 12.5. The summed E-state index contributed by atoms with van der Waals surface area (Å²) in [5, 5.41) is 0. The van der Waals surface area contributed by atoms with Crippen molar-refractivity contribution >= 4 is 11.4 Å². The molecule has 0 radical (unpaired) electrons. The Balaban J connectivity index is 1.95. The van der Waals surface area contributed by atoms with Crippen molar-refractivity contribution in [3.63, 3.8) is 0 Å². The third kappa shape index (κ3) is 6.07. The molecule has 1 aliphatic carbocycles. The maximum atomic E-state index is 14.6. The third-order valence-electron chi connectivity index (χ3n) is 5.33. The van der Waals surface area contributed by atoms with E-state index >= 15 is 0 Å². The largest absolute Gasteiger partial charge is 0.294 e. The number of benzene rings is 1. The highest BCUT2D eigenvalue weighted by Gasteiger charge is 2.25. The Hall–Kier alpha value is -1.44. The van der Waals surface area contributed by atoms with Gasteiger partial charge < -0.3 is 0 Å². The fourth-order valence-corrected chi connectivity index (χ4v) is 3.95. The molecule has 1 aliphatic rings. The summed E-state index contributed by atoms with van der Waals surface area (Å²) in [6.45, 7) is 6.56. The van der Waals surface area contributed by atoms with E-state index in [9.17, 15) is 9.18 Å². The number of carbonyl (C=O) groups excluding carboxylic acids is 1. The Morgan fingerprint density at radius 2 is 1.69 bits per heavy atom. The lowest BCUT2D eigenvalue weighted by Gasteiger charge is -2.11. The van der Waals surface area contributed by atoms with E-state index in [1.54, 1.807) is 6.07 Å². The van der Waals surface area contributed by atoms with Gasteiger partial charge in [0, 0.05) is 12.0 Å². The minimum Gasteiger partial charge on any atom is -0.294 e. The lowest BCUT2D eigenvalue weighted by atomic mass is 9.94. The lowest BCUT2D eigenvalue weighted by molar-refractivity contribution is -0.113. The molecule has 0 atom stereocenters. The van der Waals surface area contributed by atoms with E-state index in [0.29, 0.717) is 12.3 Å². The van der Waals surface area contributed by atoms with Crippen LogP contribution in [0.2, 0.25) is 0 Å². The molecule has 0 amide bonds. The summed E-state index contributed by atoms with van der Waals surface area (Å²) < 4.78 is 14.6. The molecule has 0 N–H and O–H groups in total. The summed E-state index contributed by atoms with van der Waals surface area (Å²) in [5.41, 5.74) is 3.58. The van der Waals surface area contributed by atoms with Crippen LogP contribution in [0.4, 0.5) is 4.39 Å². The monoisotopic (exact) mass is 358 g/mol. The third-order valence-corrected chi connectivity index (χ3v) is 5.33. The molecule has 2 heteroatoms. The lowest BCUT2D eigenvalue weighted by Crippen LogP contribution is -2.00. The molecule has 26 heavy (non-hydrogen) atoms. The zero-order valence-corrected chi connectivity index (χ0v) is 16.9. The van der Waals surface area contributed by atoms with E-state index in [4.69, 9.17) is 0 Å². The number of carbonyl (C=O) groups is 1. The van der Waals surface area contributed by atoms with E-state index in [1.807, 2.05) is 12.1 Å². The molecule has 0 fully saturated rings. The number of allylic oxidation sites excluding steroid dienone is 2. The first-order valence-electron chi connectivity index (χ1n) is 10.6. The molecule has 0 unspecified atom stereocenters. The van der Waals surface area contributed by atoms with E-state index < -0.39 is 0 Å². The Kier molecular flexibility index (Phi) is 8.54. The highest BCUT2D eigenvalue weighted by molar-refractivity contribution is 6.23. The molecule has 0 bridgehead atoms. The summed E-state index contributed by atoms with van der Waals surface area (Å²) in [6, 6.07) is 5.45. The Bertz CT molecular complexity index is 627. The zero-order chi connectivity index (χ0) is 18.9. The van der Waals surface area contributed by atoms with Crippen LogP contribution in [-0.4, -0.2) is 5.78 Å². The van der Waals surface area contributed by atoms with E-state index in [0.717, 1.165) is 42.4 Å². The molecule has 0 spiro atoms. The van der Waals surface area contributed by atoms with Gasteiger partial charge in [0.2, 0.25) is 0 Å². The first-order valence-corrected chi connectivity index (χ1v) is 10.6. The van der Waals surface area contributed by atoms with Gasteiger partial charge in [-0.3, -0.25) is 4.79 Å². The Morgan fingerprint density at radius 3 is 2.35 bits per heavy atom. The highest BCUT2D eigenvalue weighted by atomic mass is 19.1. The average molecular weight is 359 g/mol. The van der Waals surface area contributed by atoms with Crippen LogP contribution in [0.5, 0.6) is 0 Å². The van der Waals surface area contributed by atoms with Crippen LogP contribution in [0.25, 0.3) is 5.57 Å². The van der Waals surface area contributed by atoms with Crippen molar-refractivity contribution in [2.45, 2.75) is 91.4 Å². The van der Waals surface area contributed by atoms with Crippen molar-refractivity contribution in [1.29, 1.82) is 0 Å². The summed E-state index contributed by atoms with van der Waals surface area (Å²) in [4.78, 5) is 12.3. The van der Waals surface area contributed by atoms with Crippen molar-refractivity contribution in [2.24, 2.45) is 5.92 Å². The number of hydrogen-bond acceptors (Lipinski definition) is 1. The Labute approximate surface area is 159 Å². The molecule has 1 aromatic rings. The minimum absolute atomic E-state index is 0.149. The van der Waals surface area contributed by atoms with Crippen molar-refractivity contribution in [3.8, 4) is 0 Å². The number of halogens is 1. The molecule has 0 aliphatic heterocycles. The standard InChI is InChI=1S/C24H35FO/c1-4-5-6-7-8-9-10-11-19-12-13-21(17-22(19)25)24-20(16-18(2)3)14-15-23(24)26/h12-13,17-18H,4-11,14-16H2,1-3H3. The van der Waals surface area contributed by atoms with Gasteiger partial charge in [0.15, 0.2) is 5.78 Å². The summed E-state index contributed by atoms with van der Waals surface area (Å²) in [7, 11) is 0. The first kappa shape index (κ1) is 20.9. The Morgan fingerprint density at radius 1 is 1.00 bits per heavy atom. The molecule has 1 aromatic carbocycles. The second-order valence-electron chi connectivity index (χ2n) is 8.18. The van der Waals surface area contributed by atoms with E-state index in [-0.39, 0.29) is 11.6 Å². The summed E-state index contributed by atoms with van der Waals surface area (Å²) in [5.74, 6) is 0.553. The van der Waals surface area contributed by atoms with Crippen LogP contribution in [0.3, 0.4) is 0 Å². The van der Waals surface area contributed by atoms with E-state index in [2.05, 4.69) is 20.8 Å². The fourth-order valence-electron chi connectivity index (χ4n) is 3.95. The number of rotatable bonds is 11. The minimum atomic E-state index is -0.149. The second-order valence-corrected chi connectivity index (χ2v) is 8.18. The van der Waals surface area contributed by atoms with Gasteiger partial charge in [0.25, 0.3) is 0 Å². The maximum absolute atomic E-state index is 14.6. The highest BCUT2D eigenvalue weighted by Crippen LogP contribution is 2.35. The van der Waals surface area contributed by atoms with Gasteiger partial charge in [-0.25, -0.2) is 4.39 Å². The predicted molar refractivity (Wildman–Crippen MR) is 109 cm³/mol. The van der Waals surface area contributed by atoms with Gasteiger partial charge in [-0.2, -0.15) is 0 Å². The summed E-state index contributed by atoms with van der Waals surface area (Å²) >= 11 is 0. The van der Waals surface area contributed by atoms with Gasteiger partial charge in [-0.05, 0) is 48.8 Å². The van der Waals surface area contributed by atoms with Crippen molar-refractivity contribution in [1.82, 2.24) is 0 Å². The summed E-state index contributed by atoms with van der Waals surface area (Å²) in [6.07, 6.45) is 11.8. The van der Waals surface area contributed by atoms with Crippen LogP contribution in [0.15, 0.2) is 23.8 Å². The SMILES string of the molecule is CCCCCCCCCc1ccc(C2=C(CC(C)C)CCC2=O)cc1F. The smallest absolute Gasteiger partial charge is 0.163 e. The fraction of sp³-hybridized carbons (Fsp3) is 0.625. The number of ketones is 1. The second kappa shape index (κ2) is 10.6. The molecule has 1 nitrogen and oxygen atoms in total. The molecule has 144 valence electrons. The van der Waals surface area contributed by atoms with Gasteiger partial charge in [-0.15, -0.1) is 0 Å². The molecule has 0 heterocycles. The number of unbranched alkanes of at least 4 members (excludes halogenated alkanes) is 6. The zero-order valence-electron chi connectivity index (χ0n) is 16.9. The topological polar surface area (TPSA) is 17.1 Å². The van der Waals surface area contributed by atoms with Crippen molar-refractivity contribution < 1.29 is 9.18 Å². The van der Waals surface area contributed by atoms with Crippen molar-refractivity contribution in [3.05, 3.63) is 40.7 Å². The number of Topliss-reactive ketones (excluding diaryl/α,β-unsaturated/α-hetero) is 1. The van der Waals surface area contributed by atoms with Gasteiger partial charge >= 0.3 is 0 Å². The molecule has 2 rings (SSSR count). The molecular formula is C24H35FO. The van der Waals surface area contributed by atoms with Crippen molar-refractivity contribution in [2.75, 3.05) is 0 Å². The molecular weight excluding hydrogens is 323 g/mol. The van der Waals surface area contributed by atoms with E-state index in [1.165, 1.54) is 44.1 Å². The molecule has 0 aromatic heterocycles. The molecule has 0 saturated heterocycles. The van der Waals surface area contributed by atoms with Crippen LogP contribution in [-0.2, 0) is 11.2 Å². The number of hydrogen-bond donors (Lipinski definition) is 0. The maximum Gasteiger partial charge on any atom is 0.163 e. The predicted octanol–water partition coefficient (Wildman–Crippen LogP) is 7.28. The quantitative estimate of drug-likeness (QED) is 0.380. The van der Waals surface area contributed by atoms with Gasteiger partial charge in [0.1, 0.15) is 5.82 Å².